The molecule has 90 valence electrons. The van der Waals surface area contributed by atoms with Crippen molar-refractivity contribution in [2.75, 3.05) is 27.7 Å². The Morgan fingerprint density at radius 1 is 1.50 bits per heavy atom. The van der Waals surface area contributed by atoms with E-state index in [1.54, 1.807) is 12.3 Å². The highest BCUT2D eigenvalue weighted by Crippen LogP contribution is 1.97. The molecule has 0 fully saturated rings. The molecule has 1 atom stereocenters. The number of terminal acetylenes is 1. The van der Waals surface area contributed by atoms with Gasteiger partial charge >= 0.3 is 0 Å². The Kier molecular flexibility index (Phi) is 7.06. The Bertz CT molecular complexity index is 284. The molecule has 0 bridgehead atoms. The minimum atomic E-state index is 0.201. The second-order valence-corrected chi connectivity index (χ2v) is 3.99. The SMILES string of the molecule is C#C/C=C/N=C(N(C)C)N(C)CCC(C)N. The van der Waals surface area contributed by atoms with Crippen molar-refractivity contribution >= 4 is 5.96 Å². The van der Waals surface area contributed by atoms with Crippen LogP contribution in [0.15, 0.2) is 17.3 Å². The second-order valence-electron chi connectivity index (χ2n) is 3.99. The van der Waals surface area contributed by atoms with Crippen LogP contribution in [0.1, 0.15) is 13.3 Å². The standard InChI is InChI=1S/C12H22N4/c1-6-7-9-14-12(15(3)4)16(5)10-8-11(2)13/h1,7,9,11H,8,10,13H2,2-5H3/b9-7+,14-12?. The molecule has 0 aromatic carbocycles. The summed E-state index contributed by atoms with van der Waals surface area (Å²) in [5.74, 6) is 3.27. The molecule has 1 unspecified atom stereocenters. The molecule has 0 aliphatic heterocycles. The quantitative estimate of drug-likeness (QED) is 0.433. The minimum Gasteiger partial charge on any atom is -0.349 e. The molecule has 0 aliphatic rings. The number of hydrogen-bond acceptors (Lipinski definition) is 2. The lowest BCUT2D eigenvalue weighted by atomic mass is 10.2. The van der Waals surface area contributed by atoms with Crippen LogP contribution in [0.3, 0.4) is 0 Å². The van der Waals surface area contributed by atoms with Crippen LogP contribution in [-0.4, -0.2) is 49.5 Å². The van der Waals surface area contributed by atoms with Gasteiger partial charge in [0, 0.05) is 46.0 Å². The highest BCUT2D eigenvalue weighted by atomic mass is 15.3. The van der Waals surface area contributed by atoms with Crippen molar-refractivity contribution in [3.05, 3.63) is 12.3 Å². The predicted molar refractivity (Wildman–Crippen MR) is 70.0 cm³/mol. The van der Waals surface area contributed by atoms with Gasteiger partial charge < -0.3 is 15.5 Å². The Balaban J connectivity index is 4.48. The number of aliphatic imine (C=N–C) groups is 1. The molecule has 0 saturated carbocycles. The highest BCUT2D eigenvalue weighted by molar-refractivity contribution is 5.80. The monoisotopic (exact) mass is 222 g/mol. The van der Waals surface area contributed by atoms with Crippen LogP contribution < -0.4 is 5.73 Å². The van der Waals surface area contributed by atoms with Crippen LogP contribution in [0.25, 0.3) is 0 Å². The van der Waals surface area contributed by atoms with Crippen molar-refractivity contribution < 1.29 is 0 Å². The van der Waals surface area contributed by atoms with Gasteiger partial charge in [0.25, 0.3) is 0 Å². The van der Waals surface area contributed by atoms with Crippen LogP contribution >= 0.6 is 0 Å². The van der Waals surface area contributed by atoms with E-state index >= 15 is 0 Å². The summed E-state index contributed by atoms with van der Waals surface area (Å²) in [6.45, 7) is 2.87. The Morgan fingerprint density at radius 3 is 2.56 bits per heavy atom. The molecule has 0 aromatic heterocycles. The third-order valence-corrected chi connectivity index (χ3v) is 2.02. The number of nitrogens with zero attached hydrogens (tertiary/aromatic N) is 3. The van der Waals surface area contributed by atoms with Gasteiger partial charge in [0.1, 0.15) is 0 Å². The summed E-state index contributed by atoms with van der Waals surface area (Å²) in [6, 6.07) is 0.201. The molecule has 0 aliphatic carbocycles. The molecule has 16 heavy (non-hydrogen) atoms. The Labute approximate surface area is 98.8 Å². The molecule has 0 heterocycles. The zero-order chi connectivity index (χ0) is 12.6. The lowest BCUT2D eigenvalue weighted by Gasteiger charge is -2.26. The molecule has 0 saturated heterocycles. The predicted octanol–water partition coefficient (Wildman–Crippen LogP) is 0.720. The fraction of sp³-hybridized carbons (Fsp3) is 0.583. The lowest BCUT2D eigenvalue weighted by Crippen LogP contribution is -2.39. The summed E-state index contributed by atoms with van der Waals surface area (Å²) in [5.41, 5.74) is 5.72. The second kappa shape index (κ2) is 7.77. The van der Waals surface area contributed by atoms with E-state index in [2.05, 4.69) is 15.8 Å². The molecule has 0 aromatic rings. The first-order chi connectivity index (χ1) is 7.49. The van der Waals surface area contributed by atoms with Crippen LogP contribution in [0.4, 0.5) is 0 Å². The van der Waals surface area contributed by atoms with Gasteiger partial charge in [-0.3, -0.25) is 0 Å². The molecule has 0 amide bonds. The molecule has 2 N–H and O–H groups in total. The molecular formula is C12H22N4. The maximum atomic E-state index is 5.72. The van der Waals surface area contributed by atoms with E-state index in [1.165, 1.54) is 0 Å². The third kappa shape index (κ3) is 6.10. The first-order valence-corrected chi connectivity index (χ1v) is 5.32. The summed E-state index contributed by atoms with van der Waals surface area (Å²) in [6.07, 6.45) is 9.24. The maximum absolute atomic E-state index is 5.72. The lowest BCUT2D eigenvalue weighted by molar-refractivity contribution is 0.405. The van der Waals surface area contributed by atoms with Gasteiger partial charge in [0.05, 0.1) is 0 Å². The van der Waals surface area contributed by atoms with Gasteiger partial charge in [0.2, 0.25) is 0 Å². The van der Waals surface area contributed by atoms with E-state index in [0.29, 0.717) is 0 Å². The van der Waals surface area contributed by atoms with Crippen molar-refractivity contribution in [2.45, 2.75) is 19.4 Å². The summed E-state index contributed by atoms with van der Waals surface area (Å²) >= 11 is 0. The third-order valence-electron chi connectivity index (χ3n) is 2.02. The number of rotatable bonds is 4. The van der Waals surface area contributed by atoms with Crippen LogP contribution in [0, 0.1) is 12.3 Å². The fourth-order valence-corrected chi connectivity index (χ4v) is 1.20. The normalized spacial score (nSPS) is 13.6. The summed E-state index contributed by atoms with van der Waals surface area (Å²) in [7, 11) is 5.89. The zero-order valence-electron chi connectivity index (χ0n) is 10.6. The molecule has 4 nitrogen and oxygen atoms in total. The topological polar surface area (TPSA) is 44.9 Å². The van der Waals surface area contributed by atoms with Gasteiger partial charge in [-0.25, -0.2) is 4.99 Å². The molecule has 0 radical (unpaired) electrons. The minimum absolute atomic E-state index is 0.201. The van der Waals surface area contributed by atoms with Crippen LogP contribution in [0.2, 0.25) is 0 Å². The average molecular weight is 222 g/mol. The number of nitrogens with two attached hydrogens (primary N) is 1. The van der Waals surface area contributed by atoms with Gasteiger partial charge in [-0.05, 0) is 13.3 Å². The molecule has 4 heteroatoms. The summed E-state index contributed by atoms with van der Waals surface area (Å²) in [5, 5.41) is 0. The van der Waals surface area contributed by atoms with E-state index in [-0.39, 0.29) is 6.04 Å². The van der Waals surface area contributed by atoms with Gasteiger partial charge in [-0.2, -0.15) is 0 Å². The van der Waals surface area contributed by atoms with Crippen LogP contribution in [-0.2, 0) is 0 Å². The van der Waals surface area contributed by atoms with Crippen LogP contribution in [0.5, 0.6) is 0 Å². The number of guanidine groups is 1. The van der Waals surface area contributed by atoms with Crippen molar-refractivity contribution in [2.24, 2.45) is 10.7 Å². The van der Waals surface area contributed by atoms with E-state index in [9.17, 15) is 0 Å². The van der Waals surface area contributed by atoms with Gasteiger partial charge in [-0.15, -0.1) is 6.42 Å². The van der Waals surface area contributed by atoms with E-state index in [4.69, 9.17) is 12.2 Å². The first kappa shape index (κ1) is 14.5. The number of allylic oxidation sites excluding steroid dienone is 1. The van der Waals surface area contributed by atoms with Crippen molar-refractivity contribution in [3.8, 4) is 12.3 Å². The number of hydrogen-bond donors (Lipinski definition) is 1. The van der Waals surface area contributed by atoms with Gasteiger partial charge in [0.15, 0.2) is 5.96 Å². The van der Waals surface area contributed by atoms with Crippen molar-refractivity contribution in [1.29, 1.82) is 0 Å². The first-order valence-electron chi connectivity index (χ1n) is 5.32. The van der Waals surface area contributed by atoms with E-state index < -0.39 is 0 Å². The average Bonchev–Trinajstić information content (AvgIpc) is 2.20. The Hall–Kier alpha value is -1.47. The van der Waals surface area contributed by atoms with Gasteiger partial charge in [-0.1, -0.05) is 5.92 Å². The molecule has 0 spiro atoms. The van der Waals surface area contributed by atoms with Crippen molar-refractivity contribution in [1.82, 2.24) is 9.80 Å². The highest BCUT2D eigenvalue weighted by Gasteiger charge is 2.08. The van der Waals surface area contributed by atoms with Crippen molar-refractivity contribution in [3.63, 3.8) is 0 Å². The fourth-order valence-electron chi connectivity index (χ4n) is 1.20. The largest absolute Gasteiger partial charge is 0.349 e. The van der Waals surface area contributed by atoms with E-state index in [1.807, 2.05) is 33.0 Å². The van der Waals surface area contributed by atoms with E-state index in [0.717, 1.165) is 18.9 Å². The molecular weight excluding hydrogens is 200 g/mol. The smallest absolute Gasteiger partial charge is 0.200 e. The summed E-state index contributed by atoms with van der Waals surface area (Å²) < 4.78 is 0. The summed E-state index contributed by atoms with van der Waals surface area (Å²) in [4.78, 5) is 8.30. The Morgan fingerprint density at radius 2 is 2.12 bits per heavy atom. The molecule has 0 rings (SSSR count). The zero-order valence-corrected chi connectivity index (χ0v) is 10.6. The maximum Gasteiger partial charge on any atom is 0.200 e.